The van der Waals surface area contributed by atoms with Crippen LogP contribution < -0.4 is 10.8 Å². The molecule has 2 amide bonds. The van der Waals surface area contributed by atoms with E-state index in [1.54, 1.807) is 48.3 Å². The fraction of sp³-hybridized carbons (Fsp3) is 0.238. The van der Waals surface area contributed by atoms with Crippen molar-refractivity contribution in [2.45, 2.75) is 25.7 Å². The van der Waals surface area contributed by atoms with Crippen LogP contribution in [0.5, 0.6) is 5.75 Å². The smallest absolute Gasteiger partial charge is 0.268 e. The summed E-state index contributed by atoms with van der Waals surface area (Å²) in [4.78, 5) is 26.9. The number of nitrogens with one attached hydrogen (secondary N) is 3. The maximum absolute atomic E-state index is 12.8. The summed E-state index contributed by atoms with van der Waals surface area (Å²) in [5.74, 6) is -0.498. The molecule has 2 heterocycles. The van der Waals surface area contributed by atoms with E-state index >= 15 is 0 Å². The largest absolute Gasteiger partial charge is 0.508 e. The number of aromatic nitrogens is 1. The van der Waals surface area contributed by atoms with Gasteiger partial charge in [0, 0.05) is 29.8 Å². The average molecular weight is 397 g/mol. The highest BCUT2D eigenvalue weighted by atomic mass is 16.5. The van der Waals surface area contributed by atoms with Gasteiger partial charge in [0.2, 0.25) is 5.91 Å². The van der Waals surface area contributed by atoms with Crippen molar-refractivity contribution in [3.8, 4) is 28.1 Å². The van der Waals surface area contributed by atoms with Crippen LogP contribution in [0.15, 0.2) is 53.3 Å². The molecule has 0 aliphatic carbocycles. The second-order valence-electron chi connectivity index (χ2n) is 6.63. The molecule has 0 fully saturated rings. The Labute approximate surface area is 167 Å². The van der Waals surface area contributed by atoms with Crippen LogP contribution in [0.2, 0.25) is 0 Å². The molecular formula is C21H23N3O5. The third kappa shape index (κ3) is 5.26. The molecule has 3 aromatic rings. The lowest BCUT2D eigenvalue weighted by Crippen LogP contribution is -2.25. The number of carbonyl (C=O) groups excluding carboxylic acids is 2. The van der Waals surface area contributed by atoms with Crippen LogP contribution in [-0.4, -0.2) is 33.7 Å². The van der Waals surface area contributed by atoms with Crippen LogP contribution in [0.1, 0.15) is 36.2 Å². The number of phenolic OH excluding ortho intramolecular Hbond substituents is 1. The van der Waals surface area contributed by atoms with Gasteiger partial charge in [0.15, 0.2) is 0 Å². The van der Waals surface area contributed by atoms with Crippen molar-refractivity contribution >= 4 is 11.8 Å². The molecule has 0 bridgehead atoms. The Morgan fingerprint density at radius 2 is 1.83 bits per heavy atom. The van der Waals surface area contributed by atoms with Crippen molar-refractivity contribution in [2.75, 3.05) is 6.54 Å². The molecular weight excluding hydrogens is 374 g/mol. The van der Waals surface area contributed by atoms with Crippen LogP contribution in [0.4, 0.5) is 0 Å². The zero-order valence-electron chi connectivity index (χ0n) is 15.8. The minimum absolute atomic E-state index is 0.153. The SMILES string of the molecule is O=C(CCCCCNC(=O)c1[nH]c(-c2ccoc2)cc1-c1ccc(O)cc1)NO. The Bertz CT molecular complexity index is 945. The molecule has 0 spiro atoms. The first-order valence-electron chi connectivity index (χ1n) is 9.34. The van der Waals surface area contributed by atoms with Gasteiger partial charge in [-0.3, -0.25) is 14.8 Å². The Hall–Kier alpha value is -3.52. The van der Waals surface area contributed by atoms with Crippen molar-refractivity contribution in [1.29, 1.82) is 0 Å². The van der Waals surface area contributed by atoms with Gasteiger partial charge in [-0.15, -0.1) is 0 Å². The summed E-state index contributed by atoms with van der Waals surface area (Å²) in [5.41, 5.74) is 5.12. The van der Waals surface area contributed by atoms with Gasteiger partial charge in [-0.1, -0.05) is 18.6 Å². The number of carbonyl (C=O) groups is 2. The van der Waals surface area contributed by atoms with E-state index in [-0.39, 0.29) is 18.1 Å². The summed E-state index contributed by atoms with van der Waals surface area (Å²) in [6, 6.07) is 10.3. The van der Waals surface area contributed by atoms with E-state index in [0.29, 0.717) is 25.1 Å². The zero-order valence-corrected chi connectivity index (χ0v) is 15.8. The number of aromatic hydroxyl groups is 1. The van der Waals surface area contributed by atoms with Gasteiger partial charge >= 0.3 is 0 Å². The molecule has 0 aliphatic rings. The molecule has 2 aromatic heterocycles. The maximum atomic E-state index is 12.8. The maximum Gasteiger partial charge on any atom is 0.268 e. The molecule has 0 radical (unpaired) electrons. The second kappa shape index (κ2) is 9.61. The van der Waals surface area contributed by atoms with Crippen molar-refractivity contribution in [3.05, 3.63) is 54.6 Å². The number of amides is 2. The normalized spacial score (nSPS) is 10.7. The predicted octanol–water partition coefficient (Wildman–Crippen LogP) is 3.44. The molecule has 8 heteroatoms. The molecule has 0 saturated heterocycles. The number of phenols is 1. The molecule has 3 rings (SSSR count). The average Bonchev–Trinajstić information content (AvgIpc) is 3.40. The van der Waals surface area contributed by atoms with Crippen LogP contribution >= 0.6 is 0 Å². The van der Waals surface area contributed by atoms with E-state index in [2.05, 4.69) is 10.3 Å². The third-order valence-corrected chi connectivity index (χ3v) is 4.55. The monoisotopic (exact) mass is 397 g/mol. The van der Waals surface area contributed by atoms with Gasteiger partial charge in [0.25, 0.3) is 5.91 Å². The van der Waals surface area contributed by atoms with Gasteiger partial charge < -0.3 is 19.8 Å². The van der Waals surface area contributed by atoms with Crippen LogP contribution in [0.3, 0.4) is 0 Å². The molecule has 8 nitrogen and oxygen atoms in total. The number of benzene rings is 1. The number of hydrogen-bond acceptors (Lipinski definition) is 5. The van der Waals surface area contributed by atoms with Gasteiger partial charge in [-0.25, -0.2) is 5.48 Å². The number of unbranched alkanes of at least 4 members (excludes halogenated alkanes) is 2. The Kier molecular flexibility index (Phi) is 6.70. The molecule has 1 aromatic carbocycles. The molecule has 0 saturated carbocycles. The molecule has 152 valence electrons. The molecule has 0 aliphatic heterocycles. The third-order valence-electron chi connectivity index (χ3n) is 4.55. The highest BCUT2D eigenvalue weighted by Gasteiger charge is 2.18. The van der Waals surface area contributed by atoms with Crippen molar-refractivity contribution in [2.24, 2.45) is 0 Å². The number of furan rings is 1. The zero-order chi connectivity index (χ0) is 20.6. The van der Waals surface area contributed by atoms with E-state index in [9.17, 15) is 14.7 Å². The summed E-state index contributed by atoms with van der Waals surface area (Å²) in [6.07, 6.45) is 5.51. The number of H-pyrrole nitrogens is 1. The van der Waals surface area contributed by atoms with Gasteiger partial charge in [0.05, 0.1) is 12.5 Å². The van der Waals surface area contributed by atoms with Crippen LogP contribution in [0.25, 0.3) is 22.4 Å². The number of rotatable bonds is 9. The van der Waals surface area contributed by atoms with E-state index < -0.39 is 5.91 Å². The lowest BCUT2D eigenvalue weighted by Gasteiger charge is -2.07. The quantitative estimate of drug-likeness (QED) is 0.215. The first-order valence-corrected chi connectivity index (χ1v) is 9.34. The van der Waals surface area contributed by atoms with Gasteiger partial charge in [-0.05, 0) is 42.7 Å². The number of hydroxylamine groups is 1. The first-order chi connectivity index (χ1) is 14.1. The first kappa shape index (κ1) is 20.2. The molecule has 0 atom stereocenters. The second-order valence-corrected chi connectivity index (χ2v) is 6.63. The van der Waals surface area contributed by atoms with E-state index in [1.165, 1.54) is 0 Å². The minimum atomic E-state index is -0.411. The van der Waals surface area contributed by atoms with E-state index in [4.69, 9.17) is 9.62 Å². The summed E-state index contributed by atoms with van der Waals surface area (Å²) in [6.45, 7) is 0.467. The summed E-state index contributed by atoms with van der Waals surface area (Å²) in [7, 11) is 0. The lowest BCUT2D eigenvalue weighted by molar-refractivity contribution is -0.129. The van der Waals surface area contributed by atoms with Crippen LogP contribution in [0, 0.1) is 0 Å². The Morgan fingerprint density at radius 1 is 1.03 bits per heavy atom. The molecule has 5 N–H and O–H groups in total. The minimum Gasteiger partial charge on any atom is -0.508 e. The number of hydrogen-bond donors (Lipinski definition) is 5. The van der Waals surface area contributed by atoms with E-state index in [1.807, 2.05) is 6.07 Å². The van der Waals surface area contributed by atoms with E-state index in [0.717, 1.165) is 28.8 Å². The summed E-state index contributed by atoms with van der Waals surface area (Å²) >= 11 is 0. The van der Waals surface area contributed by atoms with Crippen molar-refractivity contribution < 1.29 is 24.3 Å². The fourth-order valence-corrected chi connectivity index (χ4v) is 3.01. The molecule has 29 heavy (non-hydrogen) atoms. The van der Waals surface area contributed by atoms with Crippen molar-refractivity contribution in [1.82, 2.24) is 15.8 Å². The Balaban J connectivity index is 1.69. The van der Waals surface area contributed by atoms with Crippen LogP contribution in [-0.2, 0) is 4.79 Å². The lowest BCUT2D eigenvalue weighted by atomic mass is 10.0. The topological polar surface area (TPSA) is 128 Å². The summed E-state index contributed by atoms with van der Waals surface area (Å²) < 4.78 is 5.13. The highest BCUT2D eigenvalue weighted by molar-refractivity contribution is 6.00. The van der Waals surface area contributed by atoms with Gasteiger partial charge in [-0.2, -0.15) is 0 Å². The predicted molar refractivity (Wildman–Crippen MR) is 106 cm³/mol. The molecule has 0 unspecified atom stereocenters. The standard InChI is InChI=1S/C21H23N3O5/c25-16-7-5-14(6-8-16)17-12-18(15-9-11-29-13-15)23-20(17)21(27)22-10-3-1-2-4-19(26)24-28/h5-9,11-13,23,25,28H,1-4,10H2,(H,22,27)(H,24,26). The highest BCUT2D eigenvalue weighted by Crippen LogP contribution is 2.31. The fourth-order valence-electron chi connectivity index (χ4n) is 3.01. The van der Waals surface area contributed by atoms with Gasteiger partial charge in [0.1, 0.15) is 11.4 Å². The summed E-state index contributed by atoms with van der Waals surface area (Å²) in [5, 5.41) is 20.9. The Morgan fingerprint density at radius 3 is 2.52 bits per heavy atom. The number of aromatic amines is 1. The van der Waals surface area contributed by atoms with Crippen molar-refractivity contribution in [3.63, 3.8) is 0 Å².